The van der Waals surface area contributed by atoms with Gasteiger partial charge in [-0.05, 0) is 48.5 Å². The average molecular weight is 546 g/mol. The number of methoxy groups -OCH3 is 1. The van der Waals surface area contributed by atoms with E-state index in [1.54, 1.807) is 89.8 Å². The molecule has 2 heterocycles. The highest BCUT2D eigenvalue weighted by molar-refractivity contribution is 7.74. The van der Waals surface area contributed by atoms with E-state index in [1.807, 2.05) is 12.1 Å². The van der Waals surface area contributed by atoms with Gasteiger partial charge in [-0.2, -0.15) is 0 Å². The number of fused-ring (bicyclic) bond motifs is 1. The lowest BCUT2D eigenvalue weighted by atomic mass is 10.1. The van der Waals surface area contributed by atoms with Crippen LogP contribution >= 0.6 is 0 Å². The zero-order valence-electron chi connectivity index (χ0n) is 21.2. The van der Waals surface area contributed by atoms with E-state index in [1.165, 1.54) is 4.31 Å². The topological polar surface area (TPSA) is 112 Å². The minimum Gasteiger partial charge on any atom is -0.497 e. The predicted octanol–water partition coefficient (Wildman–Crippen LogP) is 3.90. The zero-order chi connectivity index (χ0) is 27.4. The number of carbonyl (C=O) groups is 2. The molecule has 0 bridgehead atoms. The van der Waals surface area contributed by atoms with E-state index in [0.717, 1.165) is 5.39 Å². The number of rotatable bonds is 6. The molecule has 200 valence electrons. The number of amides is 3. The molecule has 3 amide bonds. The van der Waals surface area contributed by atoms with E-state index in [-0.39, 0.29) is 11.9 Å². The van der Waals surface area contributed by atoms with E-state index >= 15 is 0 Å². The van der Waals surface area contributed by atoms with Crippen molar-refractivity contribution in [2.75, 3.05) is 42.9 Å². The summed E-state index contributed by atoms with van der Waals surface area (Å²) in [6.07, 6.45) is 1.62. The van der Waals surface area contributed by atoms with Gasteiger partial charge in [0, 0.05) is 55.1 Å². The molecule has 3 aromatic carbocycles. The van der Waals surface area contributed by atoms with Gasteiger partial charge in [0.05, 0.1) is 24.0 Å². The number of aromatic nitrogens is 1. The maximum Gasteiger partial charge on any atom is 0.321 e. The van der Waals surface area contributed by atoms with Crippen LogP contribution in [-0.4, -0.2) is 68.4 Å². The molecule has 0 radical (unpaired) electrons. The summed E-state index contributed by atoms with van der Waals surface area (Å²) in [4.78, 5) is 33.5. The summed E-state index contributed by atoms with van der Waals surface area (Å²) in [5.41, 5.74) is 2.47. The third-order valence-electron chi connectivity index (χ3n) is 6.54. The van der Waals surface area contributed by atoms with Gasteiger partial charge in [0.25, 0.3) is 5.91 Å². The number of piperazine rings is 1. The number of para-hydroxylation sites is 1. The predicted molar refractivity (Wildman–Crippen MR) is 150 cm³/mol. The molecule has 1 aliphatic rings. The third-order valence-corrected chi connectivity index (χ3v) is 7.31. The van der Waals surface area contributed by atoms with Crippen LogP contribution < -0.4 is 14.4 Å². The first kappa shape index (κ1) is 26.0. The Labute approximate surface area is 227 Å². The molecule has 0 saturated carbocycles. The first-order valence-electron chi connectivity index (χ1n) is 12.3. The molecule has 0 spiro atoms. The highest BCUT2D eigenvalue weighted by Crippen LogP contribution is 2.31. The van der Waals surface area contributed by atoms with Gasteiger partial charge in [0.2, 0.25) is 10.9 Å². The van der Waals surface area contributed by atoms with E-state index in [2.05, 4.69) is 10.3 Å². The van der Waals surface area contributed by atoms with Crippen molar-refractivity contribution in [2.24, 2.45) is 0 Å². The monoisotopic (exact) mass is 545 g/mol. The van der Waals surface area contributed by atoms with Gasteiger partial charge in [-0.3, -0.25) is 9.78 Å². The van der Waals surface area contributed by atoms with E-state index in [9.17, 15) is 18.0 Å². The maximum absolute atomic E-state index is 13.1. The lowest BCUT2D eigenvalue weighted by Crippen LogP contribution is -2.51. The molecule has 0 aliphatic carbocycles. The van der Waals surface area contributed by atoms with Crippen molar-refractivity contribution < 1.29 is 22.7 Å². The smallest absolute Gasteiger partial charge is 0.321 e. The number of anilines is 3. The van der Waals surface area contributed by atoms with Crippen molar-refractivity contribution in [3.05, 3.63) is 90.6 Å². The van der Waals surface area contributed by atoms with Crippen LogP contribution in [0.4, 0.5) is 21.9 Å². The van der Waals surface area contributed by atoms with Crippen LogP contribution in [0.15, 0.2) is 85.1 Å². The Bertz CT molecular complexity index is 1570. The van der Waals surface area contributed by atoms with E-state index in [4.69, 9.17) is 4.74 Å². The molecule has 0 atom stereocenters. The summed E-state index contributed by atoms with van der Waals surface area (Å²) in [6.45, 7) is 1.54. The number of ether oxygens (including phenoxy) is 1. The normalized spacial score (nSPS) is 13.4. The van der Waals surface area contributed by atoms with Crippen molar-refractivity contribution in [3.8, 4) is 5.75 Å². The number of benzene rings is 3. The molecule has 5 rings (SSSR count). The number of hydrogen-bond acceptors (Lipinski definition) is 6. The van der Waals surface area contributed by atoms with Crippen LogP contribution in [0.25, 0.3) is 10.9 Å². The number of pyridine rings is 1. The fourth-order valence-corrected chi connectivity index (χ4v) is 5.18. The van der Waals surface area contributed by atoms with Gasteiger partial charge in [-0.25, -0.2) is 17.5 Å². The number of urea groups is 1. The maximum atomic E-state index is 13.1. The van der Waals surface area contributed by atoms with Gasteiger partial charge in [-0.1, -0.05) is 24.3 Å². The molecule has 39 heavy (non-hydrogen) atoms. The van der Waals surface area contributed by atoms with Crippen LogP contribution in [0.5, 0.6) is 5.75 Å². The number of nitrogens with zero attached hydrogens (tertiary/aromatic N) is 4. The molecule has 4 aromatic rings. The van der Waals surface area contributed by atoms with Gasteiger partial charge >= 0.3 is 6.03 Å². The molecule has 11 heteroatoms. The Morgan fingerprint density at radius 2 is 1.59 bits per heavy atom. The number of carbonyl (C=O) groups excluding carboxylic acids is 2. The van der Waals surface area contributed by atoms with Gasteiger partial charge in [0.1, 0.15) is 5.75 Å². The van der Waals surface area contributed by atoms with Crippen molar-refractivity contribution in [1.82, 2.24) is 14.8 Å². The second kappa shape index (κ2) is 11.4. The molecular formula is C28H27N5O5S. The molecule has 1 N–H and O–H groups in total. The Hall–Kier alpha value is -4.64. The summed E-state index contributed by atoms with van der Waals surface area (Å²) < 4.78 is 30.9. The molecule has 10 nitrogen and oxygen atoms in total. The number of hydrogen-bond donors (Lipinski definition) is 2. The Morgan fingerprint density at radius 3 is 2.31 bits per heavy atom. The quantitative estimate of drug-likeness (QED) is 0.356. The standard InChI is InChI=1S/C28H27N5O5S/c1-38-24-8-3-7-22(19-24)30-28(35)32-17-15-31(16-18-32)27(34)21-10-12-23(13-11-21)33(39(36)37)25-9-2-5-20-6-4-14-29-26(20)25/h2-14,19,39H,15-18H2,1H3,(H,30,35). The summed E-state index contributed by atoms with van der Waals surface area (Å²) in [7, 11) is -1.45. The Morgan fingerprint density at radius 1 is 0.897 bits per heavy atom. The molecule has 1 fully saturated rings. The largest absolute Gasteiger partial charge is 0.497 e. The molecular weight excluding hydrogens is 518 g/mol. The summed E-state index contributed by atoms with van der Waals surface area (Å²) in [5.74, 6) is 0.465. The van der Waals surface area contributed by atoms with Crippen LogP contribution in [0.3, 0.4) is 0 Å². The number of thiol groups is 1. The lowest BCUT2D eigenvalue weighted by Gasteiger charge is -2.34. The van der Waals surface area contributed by atoms with Crippen LogP contribution in [0.2, 0.25) is 0 Å². The van der Waals surface area contributed by atoms with Crippen molar-refractivity contribution in [3.63, 3.8) is 0 Å². The Kier molecular flexibility index (Phi) is 7.60. The minimum absolute atomic E-state index is 0.181. The lowest BCUT2D eigenvalue weighted by molar-refractivity contribution is 0.0671. The molecule has 0 unspecified atom stereocenters. The highest BCUT2D eigenvalue weighted by atomic mass is 32.2. The Balaban J connectivity index is 1.24. The summed E-state index contributed by atoms with van der Waals surface area (Å²) in [6, 6.07) is 22.3. The SMILES string of the molecule is COc1cccc(NC(=O)N2CCN(C(=O)c3ccc(N(c4cccc5cccnc45)[SH](=O)=O)cc3)CC2)c1. The minimum atomic E-state index is -3.01. The summed E-state index contributed by atoms with van der Waals surface area (Å²) >= 11 is 0. The van der Waals surface area contributed by atoms with Gasteiger partial charge < -0.3 is 19.9 Å². The highest BCUT2D eigenvalue weighted by Gasteiger charge is 2.25. The fraction of sp³-hybridized carbons (Fsp3) is 0.179. The first-order valence-corrected chi connectivity index (χ1v) is 13.4. The van der Waals surface area contributed by atoms with Gasteiger partial charge in [0.15, 0.2) is 0 Å². The van der Waals surface area contributed by atoms with Crippen molar-refractivity contribution in [1.29, 1.82) is 0 Å². The average Bonchev–Trinajstić information content (AvgIpc) is 2.97. The second-order valence-corrected chi connectivity index (χ2v) is 9.77. The summed E-state index contributed by atoms with van der Waals surface area (Å²) in [5, 5.41) is 3.68. The molecule has 1 aromatic heterocycles. The van der Waals surface area contributed by atoms with Gasteiger partial charge in [-0.15, -0.1) is 0 Å². The second-order valence-electron chi connectivity index (χ2n) is 8.89. The third kappa shape index (κ3) is 5.63. The van der Waals surface area contributed by atoms with E-state index in [0.29, 0.717) is 60.1 Å². The van der Waals surface area contributed by atoms with Crippen molar-refractivity contribution in [2.45, 2.75) is 0 Å². The fourth-order valence-electron chi connectivity index (χ4n) is 4.52. The molecule has 1 saturated heterocycles. The zero-order valence-corrected chi connectivity index (χ0v) is 22.1. The van der Waals surface area contributed by atoms with Crippen LogP contribution in [0, 0.1) is 0 Å². The molecule has 1 aliphatic heterocycles. The number of nitrogens with one attached hydrogen (secondary N) is 1. The van der Waals surface area contributed by atoms with Crippen LogP contribution in [0.1, 0.15) is 10.4 Å². The first-order chi connectivity index (χ1) is 18.9. The van der Waals surface area contributed by atoms with E-state index < -0.39 is 10.9 Å². The van der Waals surface area contributed by atoms with Crippen molar-refractivity contribution >= 4 is 50.8 Å². The van der Waals surface area contributed by atoms with Crippen LogP contribution in [-0.2, 0) is 10.9 Å².